The number of thiocarbonyl (C=S) groups is 1. The van der Waals surface area contributed by atoms with Crippen LogP contribution in [0.2, 0.25) is 0 Å². The zero-order chi connectivity index (χ0) is 14.8. The first-order valence-corrected chi connectivity index (χ1v) is 7.61. The van der Waals surface area contributed by atoms with E-state index in [1.165, 1.54) is 0 Å². The van der Waals surface area contributed by atoms with E-state index < -0.39 is 5.41 Å². The van der Waals surface area contributed by atoms with Crippen LogP contribution in [0.5, 0.6) is 0 Å². The highest BCUT2D eigenvalue weighted by Gasteiger charge is 2.43. The molecule has 1 aromatic carbocycles. The number of halogens is 1. The number of benzene rings is 1. The average Bonchev–Trinajstić information content (AvgIpc) is 2.42. The van der Waals surface area contributed by atoms with E-state index in [0.29, 0.717) is 26.1 Å². The highest BCUT2D eigenvalue weighted by atomic mass is 79.9. The number of anilines is 1. The van der Waals surface area contributed by atoms with Crippen LogP contribution in [0.25, 0.3) is 0 Å². The minimum atomic E-state index is -0.799. The Morgan fingerprint density at radius 2 is 2.10 bits per heavy atom. The molecule has 0 bridgehead atoms. The maximum atomic E-state index is 12.6. The third kappa shape index (κ3) is 3.02. The van der Waals surface area contributed by atoms with E-state index in [4.69, 9.17) is 22.7 Å². The average molecular weight is 357 g/mol. The van der Waals surface area contributed by atoms with Crippen LogP contribution in [-0.4, -0.2) is 24.1 Å². The maximum Gasteiger partial charge on any atom is 0.237 e. The molecule has 20 heavy (non-hydrogen) atoms. The van der Waals surface area contributed by atoms with Crippen molar-refractivity contribution in [3.8, 4) is 0 Å². The van der Waals surface area contributed by atoms with Crippen molar-refractivity contribution in [3.63, 3.8) is 0 Å². The highest BCUT2D eigenvalue weighted by molar-refractivity contribution is 9.10. The molecule has 0 radical (unpaired) electrons. The number of rotatable bonds is 3. The largest absolute Gasteiger partial charge is 0.392 e. The van der Waals surface area contributed by atoms with Crippen molar-refractivity contribution in [2.24, 2.45) is 11.1 Å². The van der Waals surface area contributed by atoms with Gasteiger partial charge in [-0.1, -0.05) is 28.1 Å². The molecule has 0 unspecified atom stereocenters. The Bertz CT molecular complexity index is 542. The molecule has 0 aliphatic carbocycles. The van der Waals surface area contributed by atoms with E-state index in [1.54, 1.807) is 0 Å². The van der Waals surface area contributed by atoms with E-state index in [2.05, 4.69) is 21.2 Å². The number of nitrogens with two attached hydrogens (primary N) is 1. The van der Waals surface area contributed by atoms with Crippen molar-refractivity contribution in [2.75, 3.05) is 18.5 Å². The quantitative estimate of drug-likeness (QED) is 0.817. The molecular weight excluding hydrogens is 340 g/mol. The molecule has 1 fully saturated rings. The smallest absolute Gasteiger partial charge is 0.237 e. The van der Waals surface area contributed by atoms with Crippen LogP contribution in [0.1, 0.15) is 18.4 Å². The second-order valence-electron chi connectivity index (χ2n) is 4.97. The minimum Gasteiger partial charge on any atom is -0.392 e. The van der Waals surface area contributed by atoms with E-state index in [9.17, 15) is 4.79 Å². The van der Waals surface area contributed by atoms with E-state index >= 15 is 0 Å². The summed E-state index contributed by atoms with van der Waals surface area (Å²) in [6.07, 6.45) is 1.06. The lowest BCUT2D eigenvalue weighted by atomic mass is 9.79. The van der Waals surface area contributed by atoms with Crippen LogP contribution in [0.4, 0.5) is 5.69 Å². The summed E-state index contributed by atoms with van der Waals surface area (Å²) >= 11 is 8.53. The second kappa shape index (κ2) is 6.20. The molecule has 1 heterocycles. The van der Waals surface area contributed by atoms with Crippen LogP contribution in [0, 0.1) is 12.3 Å². The summed E-state index contributed by atoms with van der Waals surface area (Å²) in [6.45, 7) is 2.95. The van der Waals surface area contributed by atoms with Gasteiger partial charge in [0.05, 0.1) is 4.99 Å². The lowest BCUT2D eigenvalue weighted by Gasteiger charge is -2.34. The number of ether oxygens (including phenoxy) is 1. The van der Waals surface area contributed by atoms with Gasteiger partial charge in [0, 0.05) is 23.4 Å². The Kier molecular flexibility index (Phi) is 4.78. The summed E-state index contributed by atoms with van der Waals surface area (Å²) in [5.74, 6) is -0.140. The lowest BCUT2D eigenvalue weighted by Crippen LogP contribution is -2.49. The molecule has 1 amide bonds. The van der Waals surface area contributed by atoms with Gasteiger partial charge in [0.1, 0.15) is 5.41 Å². The number of hydrogen-bond acceptors (Lipinski definition) is 3. The molecule has 4 nitrogen and oxygen atoms in total. The van der Waals surface area contributed by atoms with Crippen molar-refractivity contribution in [3.05, 3.63) is 28.2 Å². The first-order chi connectivity index (χ1) is 9.45. The van der Waals surface area contributed by atoms with Crippen LogP contribution < -0.4 is 11.1 Å². The van der Waals surface area contributed by atoms with Crippen LogP contribution in [-0.2, 0) is 9.53 Å². The highest BCUT2D eigenvalue weighted by Crippen LogP contribution is 2.33. The number of hydrogen-bond donors (Lipinski definition) is 2. The Hall–Kier alpha value is -0.980. The molecular formula is C14H17BrN2O2S. The Balaban J connectivity index is 2.22. The first-order valence-electron chi connectivity index (χ1n) is 6.41. The molecule has 1 aromatic rings. The van der Waals surface area contributed by atoms with Gasteiger partial charge < -0.3 is 15.8 Å². The molecule has 0 aromatic heterocycles. The number of carbonyl (C=O) groups is 1. The van der Waals surface area contributed by atoms with Crippen LogP contribution in [0.15, 0.2) is 22.7 Å². The standard InChI is InChI=1S/C14H17BrN2O2S/c1-9-8-10(15)2-3-11(9)17-13(18)14(12(16)20)4-6-19-7-5-14/h2-3,8H,4-7H2,1H3,(H2,16,20)(H,17,18). The molecule has 1 aliphatic rings. The summed E-state index contributed by atoms with van der Waals surface area (Å²) in [4.78, 5) is 12.9. The Morgan fingerprint density at radius 3 is 2.65 bits per heavy atom. The first kappa shape index (κ1) is 15.4. The van der Waals surface area contributed by atoms with Gasteiger partial charge in [-0.2, -0.15) is 0 Å². The van der Waals surface area contributed by atoms with Gasteiger partial charge in [0.15, 0.2) is 0 Å². The number of amides is 1. The molecule has 2 rings (SSSR count). The van der Waals surface area contributed by atoms with Gasteiger partial charge in [0.25, 0.3) is 0 Å². The molecule has 1 aliphatic heterocycles. The fraction of sp³-hybridized carbons (Fsp3) is 0.429. The molecule has 108 valence electrons. The predicted octanol–water partition coefficient (Wildman–Crippen LogP) is 2.78. The number of aryl methyl sites for hydroxylation is 1. The van der Waals surface area contributed by atoms with Crippen molar-refractivity contribution < 1.29 is 9.53 Å². The van der Waals surface area contributed by atoms with Gasteiger partial charge in [0.2, 0.25) is 5.91 Å². The van der Waals surface area contributed by atoms with Gasteiger partial charge in [-0.25, -0.2) is 0 Å². The molecule has 1 saturated heterocycles. The van der Waals surface area contributed by atoms with Gasteiger partial charge in [-0.05, 0) is 43.5 Å². The normalized spacial score (nSPS) is 17.5. The molecule has 0 spiro atoms. The zero-order valence-corrected chi connectivity index (χ0v) is 13.6. The number of carbonyl (C=O) groups excluding carboxylic acids is 1. The topological polar surface area (TPSA) is 64.4 Å². The van der Waals surface area contributed by atoms with Crippen molar-refractivity contribution in [1.29, 1.82) is 0 Å². The van der Waals surface area contributed by atoms with Crippen LogP contribution >= 0.6 is 28.1 Å². The van der Waals surface area contributed by atoms with Gasteiger partial charge >= 0.3 is 0 Å². The molecule has 0 atom stereocenters. The SMILES string of the molecule is Cc1cc(Br)ccc1NC(=O)C1(C(N)=S)CCOCC1. The second-order valence-corrected chi connectivity index (χ2v) is 6.33. The maximum absolute atomic E-state index is 12.6. The Morgan fingerprint density at radius 1 is 1.45 bits per heavy atom. The van der Waals surface area contributed by atoms with Gasteiger partial charge in [-0.3, -0.25) is 4.79 Å². The Labute approximate surface area is 132 Å². The summed E-state index contributed by atoms with van der Waals surface area (Å²) < 4.78 is 6.29. The van der Waals surface area contributed by atoms with Crippen molar-refractivity contribution in [1.82, 2.24) is 0 Å². The third-order valence-corrected chi connectivity index (χ3v) is 4.57. The van der Waals surface area contributed by atoms with Crippen molar-refractivity contribution >= 4 is 44.7 Å². The fourth-order valence-electron chi connectivity index (χ4n) is 2.31. The molecule has 6 heteroatoms. The monoisotopic (exact) mass is 356 g/mol. The van der Waals surface area contributed by atoms with E-state index in [1.807, 2.05) is 25.1 Å². The van der Waals surface area contributed by atoms with Gasteiger partial charge in [-0.15, -0.1) is 0 Å². The fourth-order valence-corrected chi connectivity index (χ4v) is 3.09. The molecule has 0 saturated carbocycles. The lowest BCUT2D eigenvalue weighted by molar-refractivity contribution is -0.126. The molecule has 3 N–H and O–H groups in total. The zero-order valence-electron chi connectivity index (χ0n) is 11.2. The van der Waals surface area contributed by atoms with E-state index in [-0.39, 0.29) is 10.9 Å². The summed E-state index contributed by atoms with van der Waals surface area (Å²) in [7, 11) is 0. The summed E-state index contributed by atoms with van der Waals surface area (Å²) in [5.41, 5.74) is 6.79. The third-order valence-electron chi connectivity index (χ3n) is 3.69. The minimum absolute atomic E-state index is 0.140. The van der Waals surface area contributed by atoms with Crippen LogP contribution in [0.3, 0.4) is 0 Å². The van der Waals surface area contributed by atoms with Crippen molar-refractivity contribution in [2.45, 2.75) is 19.8 Å². The summed E-state index contributed by atoms with van der Waals surface area (Å²) in [5, 5.41) is 2.95. The number of nitrogens with one attached hydrogen (secondary N) is 1. The van der Waals surface area contributed by atoms with E-state index in [0.717, 1.165) is 15.7 Å². The predicted molar refractivity (Wildman–Crippen MR) is 86.8 cm³/mol. The summed E-state index contributed by atoms with van der Waals surface area (Å²) in [6, 6.07) is 5.71.